The molecule has 1 saturated carbocycles. The van der Waals surface area contributed by atoms with E-state index in [1.807, 2.05) is 48.5 Å². The first-order valence-electron chi connectivity index (χ1n) is 9.79. The fraction of sp³-hybridized carbons (Fsp3) is 0.273. The molecule has 1 fully saturated rings. The van der Waals surface area contributed by atoms with Crippen molar-refractivity contribution in [2.24, 2.45) is 0 Å². The van der Waals surface area contributed by atoms with Gasteiger partial charge >= 0.3 is 0 Å². The van der Waals surface area contributed by atoms with Crippen LogP contribution in [0.4, 0.5) is 4.39 Å². The van der Waals surface area contributed by atoms with E-state index >= 15 is 4.39 Å². The summed E-state index contributed by atoms with van der Waals surface area (Å²) in [5.41, 5.74) is 2.59. The van der Waals surface area contributed by atoms with Gasteiger partial charge in [-0.3, -0.25) is 0 Å². The van der Waals surface area contributed by atoms with Gasteiger partial charge in [0.2, 0.25) is 0 Å². The molecule has 1 aliphatic rings. The Morgan fingerprint density at radius 2 is 1.83 bits per heavy atom. The van der Waals surface area contributed by atoms with E-state index in [9.17, 15) is 0 Å². The quantitative estimate of drug-likeness (QED) is 0.433. The maximum absolute atomic E-state index is 16.2. The number of benzene rings is 2. The van der Waals surface area contributed by atoms with Crippen LogP contribution < -0.4 is 0 Å². The van der Waals surface area contributed by atoms with Gasteiger partial charge in [0, 0.05) is 16.7 Å². The Bertz CT molecular complexity index is 1150. The maximum atomic E-state index is 16.2. The summed E-state index contributed by atoms with van der Waals surface area (Å²) in [5.74, 6) is 0.116. The molecule has 2 aromatic heterocycles. The molecule has 0 amide bonds. The lowest BCUT2D eigenvalue weighted by Gasteiger charge is -2.28. The van der Waals surface area contributed by atoms with Crippen LogP contribution >= 0.6 is 11.6 Å². The lowest BCUT2D eigenvalue weighted by Crippen LogP contribution is -2.18. The van der Waals surface area contributed by atoms with E-state index in [1.165, 1.54) is 11.1 Å². The van der Waals surface area contributed by atoms with Crippen LogP contribution in [0, 0.1) is 5.82 Å². The molecule has 5 rings (SSSR count). The molecular weight excluding hydrogens is 389 g/mol. The van der Waals surface area contributed by atoms with Crippen molar-refractivity contribution >= 4 is 22.5 Å². The molecule has 0 radical (unpaired) electrons. The van der Waals surface area contributed by atoms with Crippen LogP contribution in [0.1, 0.15) is 37.2 Å². The highest BCUT2D eigenvalue weighted by molar-refractivity contribution is 6.21. The molecule has 0 saturated heterocycles. The van der Waals surface area contributed by atoms with Gasteiger partial charge in [0.1, 0.15) is 5.82 Å². The molecule has 0 N–H and O–H groups in total. The first kappa shape index (κ1) is 18.2. The Morgan fingerprint density at radius 1 is 1.00 bits per heavy atom. The minimum Gasteiger partial charge on any atom is -0.226 e. The molecule has 0 aliphatic heterocycles. The average Bonchev–Trinajstić information content (AvgIpc) is 3.29. The van der Waals surface area contributed by atoms with E-state index in [0.717, 1.165) is 31.2 Å². The molecule has 5 nitrogen and oxygen atoms in total. The second-order valence-electron chi connectivity index (χ2n) is 7.36. The Kier molecular flexibility index (Phi) is 4.72. The first-order chi connectivity index (χ1) is 14.2. The summed E-state index contributed by atoms with van der Waals surface area (Å²) >= 11 is 6.66. The molecule has 7 heteroatoms. The molecule has 0 spiro atoms. The van der Waals surface area contributed by atoms with Crippen LogP contribution in [-0.2, 0) is 0 Å². The van der Waals surface area contributed by atoms with Crippen LogP contribution in [0.3, 0.4) is 0 Å². The highest BCUT2D eigenvalue weighted by Gasteiger charge is 2.29. The van der Waals surface area contributed by atoms with Crippen molar-refractivity contribution in [2.75, 3.05) is 0 Å². The predicted molar refractivity (Wildman–Crippen MR) is 111 cm³/mol. The van der Waals surface area contributed by atoms with Crippen molar-refractivity contribution in [3.63, 3.8) is 0 Å². The fourth-order valence-corrected chi connectivity index (χ4v) is 4.71. The molecule has 1 aliphatic carbocycles. The van der Waals surface area contributed by atoms with Gasteiger partial charge in [-0.25, -0.2) is 9.37 Å². The number of alkyl halides is 1. The van der Waals surface area contributed by atoms with Crippen molar-refractivity contribution in [3.05, 3.63) is 66.2 Å². The normalized spacial score (nSPS) is 19.5. The van der Waals surface area contributed by atoms with E-state index in [4.69, 9.17) is 16.6 Å². The van der Waals surface area contributed by atoms with Crippen LogP contribution in [-0.4, -0.2) is 30.6 Å². The lowest BCUT2D eigenvalue weighted by molar-refractivity contribution is 0.452. The third kappa shape index (κ3) is 3.17. The van der Waals surface area contributed by atoms with Gasteiger partial charge in [-0.05, 0) is 35.2 Å². The van der Waals surface area contributed by atoms with Gasteiger partial charge in [0.05, 0.1) is 11.1 Å². The number of tetrazole rings is 1. The summed E-state index contributed by atoms with van der Waals surface area (Å²) in [6, 6.07) is 15.1. The minimum atomic E-state index is -0.321. The summed E-state index contributed by atoms with van der Waals surface area (Å²) in [5, 5.41) is 12.3. The Balaban J connectivity index is 1.82. The Morgan fingerprint density at radius 3 is 2.59 bits per heavy atom. The molecule has 29 heavy (non-hydrogen) atoms. The van der Waals surface area contributed by atoms with Gasteiger partial charge in [0.15, 0.2) is 12.1 Å². The summed E-state index contributed by atoms with van der Waals surface area (Å²) < 4.78 is 16.2. The number of hydrogen-bond donors (Lipinski definition) is 0. The largest absolute Gasteiger partial charge is 0.226 e. The van der Waals surface area contributed by atoms with Gasteiger partial charge in [0.25, 0.3) is 0 Å². The molecule has 2 heterocycles. The summed E-state index contributed by atoms with van der Waals surface area (Å²) in [4.78, 5) is 6.02. The van der Waals surface area contributed by atoms with E-state index in [-0.39, 0.29) is 17.1 Å². The Labute approximate surface area is 172 Å². The van der Waals surface area contributed by atoms with Gasteiger partial charge in [-0.1, -0.05) is 55.3 Å². The van der Waals surface area contributed by atoms with Gasteiger partial charge in [-0.2, -0.15) is 0 Å². The second-order valence-corrected chi connectivity index (χ2v) is 7.92. The molecule has 2 aromatic carbocycles. The smallest absolute Gasteiger partial charge is 0.187 e. The van der Waals surface area contributed by atoms with Crippen molar-refractivity contribution < 1.29 is 4.39 Å². The van der Waals surface area contributed by atoms with Crippen molar-refractivity contribution in [3.8, 4) is 16.9 Å². The topological polar surface area (TPSA) is 56.5 Å². The average molecular weight is 408 g/mol. The van der Waals surface area contributed by atoms with Gasteiger partial charge < -0.3 is 0 Å². The molecule has 2 atom stereocenters. The number of aromatic nitrogens is 5. The van der Waals surface area contributed by atoms with Crippen molar-refractivity contribution in [2.45, 2.75) is 37.0 Å². The van der Waals surface area contributed by atoms with Crippen molar-refractivity contribution in [1.82, 2.24) is 25.2 Å². The lowest BCUT2D eigenvalue weighted by atomic mass is 9.81. The Hall–Kier alpha value is -2.86. The van der Waals surface area contributed by atoms with Crippen LogP contribution in [0.25, 0.3) is 27.8 Å². The number of fused-ring (bicyclic) bond motifs is 1. The molecule has 146 valence electrons. The zero-order chi connectivity index (χ0) is 19.8. The fourth-order valence-electron chi connectivity index (χ4n) is 4.30. The monoisotopic (exact) mass is 407 g/mol. The highest BCUT2D eigenvalue weighted by Crippen LogP contribution is 2.42. The number of rotatable bonds is 3. The predicted octanol–water partition coefficient (Wildman–Crippen LogP) is 5.28. The second kappa shape index (κ2) is 7.52. The summed E-state index contributed by atoms with van der Waals surface area (Å²) in [6.45, 7) is 0. The number of halogens is 2. The summed E-state index contributed by atoms with van der Waals surface area (Å²) in [6.07, 6.45) is 5.44. The van der Waals surface area contributed by atoms with E-state index in [0.29, 0.717) is 27.8 Å². The molecular formula is C22H19ClFN5. The molecule has 2 unspecified atom stereocenters. The van der Waals surface area contributed by atoms with Crippen LogP contribution in [0.2, 0.25) is 0 Å². The molecule has 0 bridgehead atoms. The number of pyridine rings is 1. The minimum absolute atomic E-state index is 0.00517. The van der Waals surface area contributed by atoms with Crippen LogP contribution in [0.5, 0.6) is 0 Å². The van der Waals surface area contributed by atoms with Crippen molar-refractivity contribution in [1.29, 1.82) is 0 Å². The highest BCUT2D eigenvalue weighted by atomic mass is 35.5. The SMILES string of the molecule is Fc1c(-c2ccccc2)c(-n2ncnn2)nc2cccc(C3CCCCC3Cl)c12. The number of nitrogens with zero attached hydrogens (tertiary/aromatic N) is 5. The molecule has 4 aromatic rings. The van der Waals surface area contributed by atoms with Gasteiger partial charge in [-0.15, -0.1) is 26.6 Å². The van der Waals surface area contributed by atoms with E-state index < -0.39 is 0 Å². The third-order valence-corrected chi connectivity index (χ3v) is 6.17. The zero-order valence-corrected chi connectivity index (χ0v) is 16.4. The summed E-state index contributed by atoms with van der Waals surface area (Å²) in [7, 11) is 0. The van der Waals surface area contributed by atoms with E-state index in [2.05, 4.69) is 15.4 Å². The maximum Gasteiger partial charge on any atom is 0.187 e. The zero-order valence-electron chi connectivity index (χ0n) is 15.7. The van der Waals surface area contributed by atoms with Crippen LogP contribution in [0.15, 0.2) is 54.9 Å². The first-order valence-corrected chi connectivity index (χ1v) is 10.2. The standard InChI is InChI=1S/C22H19ClFN5/c23-17-11-5-4-9-15(17)16-10-6-12-18-20(16)21(24)19(14-7-2-1-3-8-14)22(27-18)29-26-13-25-28-29/h1-3,6-8,10,12-13,15,17H,4-5,9,11H2. The number of hydrogen-bond acceptors (Lipinski definition) is 4. The third-order valence-electron chi connectivity index (χ3n) is 5.65. The van der Waals surface area contributed by atoms with E-state index in [1.54, 1.807) is 0 Å².